The predicted octanol–water partition coefficient (Wildman–Crippen LogP) is 5.05. The Bertz CT molecular complexity index is 1650. The molecule has 0 atom stereocenters. The predicted molar refractivity (Wildman–Crippen MR) is 185 cm³/mol. The largest absolute Gasteiger partial charge is 0.494 e. The standard InChI is InChI=1S/C32H43BrN8O3S/c1-32(2)20-22-7-6-8-27(29(22)41(32)45(5,42)43)35-30-25(33)21-34-31(37-30)36-26-10-9-24(19-28(26)44-4)39-13-11-23(12-14-39)40-17-15-38(3)16-18-40/h6-10,19,21,23H,11-18,20H2,1-5H3,(H2,34,35,36,37). The molecule has 0 aliphatic carbocycles. The van der Waals surface area contributed by atoms with Crippen molar-refractivity contribution in [2.24, 2.45) is 0 Å². The molecular formula is C32H43BrN8O3S. The summed E-state index contributed by atoms with van der Waals surface area (Å²) in [4.78, 5) is 16.7. The Kier molecular flexibility index (Phi) is 8.90. The van der Waals surface area contributed by atoms with Crippen LogP contribution in [0.15, 0.2) is 47.1 Å². The van der Waals surface area contributed by atoms with Crippen molar-refractivity contribution in [3.8, 4) is 5.75 Å². The highest BCUT2D eigenvalue weighted by molar-refractivity contribution is 9.10. The molecule has 2 saturated heterocycles. The van der Waals surface area contributed by atoms with E-state index in [9.17, 15) is 8.42 Å². The van der Waals surface area contributed by atoms with E-state index in [1.165, 1.54) is 23.4 Å². The van der Waals surface area contributed by atoms with Crippen molar-refractivity contribution in [3.05, 3.63) is 52.6 Å². The molecule has 3 aliphatic rings. The summed E-state index contributed by atoms with van der Waals surface area (Å²) >= 11 is 3.56. The molecule has 0 bridgehead atoms. The van der Waals surface area contributed by atoms with Crippen LogP contribution >= 0.6 is 15.9 Å². The Morgan fingerprint density at radius 1 is 1.00 bits per heavy atom. The van der Waals surface area contributed by atoms with E-state index in [1.807, 2.05) is 38.1 Å². The van der Waals surface area contributed by atoms with E-state index < -0.39 is 15.6 Å². The summed E-state index contributed by atoms with van der Waals surface area (Å²) in [6.45, 7) is 10.6. The number of hydrogen-bond donors (Lipinski definition) is 2. The number of nitrogens with zero attached hydrogens (tertiary/aromatic N) is 6. The minimum absolute atomic E-state index is 0.382. The number of piperazine rings is 1. The summed E-state index contributed by atoms with van der Waals surface area (Å²) in [5, 5.41) is 6.68. The van der Waals surface area contributed by atoms with Crippen LogP contribution in [0.5, 0.6) is 5.75 Å². The topological polar surface area (TPSA) is 106 Å². The molecule has 2 fully saturated rings. The van der Waals surface area contributed by atoms with Crippen LogP contribution in [0, 0.1) is 0 Å². The summed E-state index contributed by atoms with van der Waals surface area (Å²) in [7, 11) is 0.365. The number of para-hydroxylation sites is 1. The molecule has 0 radical (unpaired) electrons. The zero-order valence-electron chi connectivity index (χ0n) is 26.7. The molecule has 0 spiro atoms. The summed E-state index contributed by atoms with van der Waals surface area (Å²) in [6.07, 6.45) is 5.87. The first-order valence-electron chi connectivity index (χ1n) is 15.5. The number of fused-ring (bicyclic) bond motifs is 1. The van der Waals surface area contributed by atoms with E-state index in [1.54, 1.807) is 13.3 Å². The first-order chi connectivity index (χ1) is 21.4. The molecule has 4 heterocycles. The van der Waals surface area contributed by atoms with E-state index in [0.717, 1.165) is 56.2 Å². The molecular weight excluding hydrogens is 656 g/mol. The average molecular weight is 700 g/mol. The normalized spacial score (nSPS) is 19.4. The number of ether oxygens (including phenoxy) is 1. The molecule has 0 amide bonds. The fraction of sp³-hybridized carbons (Fsp3) is 0.500. The molecule has 45 heavy (non-hydrogen) atoms. The van der Waals surface area contributed by atoms with Crippen molar-refractivity contribution >= 4 is 60.5 Å². The van der Waals surface area contributed by atoms with Gasteiger partial charge in [-0.1, -0.05) is 12.1 Å². The highest BCUT2D eigenvalue weighted by Gasteiger charge is 2.43. The smallest absolute Gasteiger partial charge is 0.232 e. The Morgan fingerprint density at radius 2 is 1.73 bits per heavy atom. The second-order valence-corrected chi connectivity index (χ2v) is 15.6. The van der Waals surface area contributed by atoms with E-state index in [4.69, 9.17) is 9.72 Å². The molecule has 1 aromatic heterocycles. The molecule has 2 aromatic carbocycles. The lowest BCUT2D eigenvalue weighted by Crippen LogP contribution is -2.52. The third-order valence-corrected chi connectivity index (χ3v) is 11.1. The van der Waals surface area contributed by atoms with E-state index in [0.29, 0.717) is 45.8 Å². The molecule has 3 aliphatic heterocycles. The molecule has 0 saturated carbocycles. The Balaban J connectivity index is 1.17. The number of sulfonamides is 1. The van der Waals surface area contributed by atoms with Crippen LogP contribution in [-0.4, -0.2) is 99.4 Å². The van der Waals surface area contributed by atoms with Crippen LogP contribution in [0.4, 0.5) is 34.5 Å². The molecule has 13 heteroatoms. The van der Waals surface area contributed by atoms with Gasteiger partial charge in [-0.05, 0) is 79.9 Å². The van der Waals surface area contributed by atoms with Gasteiger partial charge in [-0.15, -0.1) is 0 Å². The number of halogens is 1. The van der Waals surface area contributed by atoms with Gasteiger partial charge in [0.05, 0.1) is 40.4 Å². The number of piperidine rings is 1. The highest BCUT2D eigenvalue weighted by Crippen LogP contribution is 2.46. The van der Waals surface area contributed by atoms with Crippen LogP contribution in [0.2, 0.25) is 0 Å². The molecule has 0 unspecified atom stereocenters. The van der Waals surface area contributed by atoms with Crippen molar-refractivity contribution in [2.45, 2.75) is 44.7 Å². The fourth-order valence-electron chi connectivity index (χ4n) is 6.95. The van der Waals surface area contributed by atoms with Gasteiger partial charge in [-0.2, -0.15) is 4.98 Å². The van der Waals surface area contributed by atoms with Gasteiger partial charge in [0.2, 0.25) is 16.0 Å². The number of benzene rings is 2. The Hall–Kier alpha value is -3.13. The van der Waals surface area contributed by atoms with E-state index in [2.05, 4.69) is 65.4 Å². The van der Waals surface area contributed by atoms with Gasteiger partial charge in [0.25, 0.3) is 0 Å². The number of aromatic nitrogens is 2. The summed E-state index contributed by atoms with van der Waals surface area (Å²) in [5.74, 6) is 1.60. The van der Waals surface area contributed by atoms with Crippen molar-refractivity contribution in [3.63, 3.8) is 0 Å². The summed E-state index contributed by atoms with van der Waals surface area (Å²) in [6, 6.07) is 12.6. The zero-order valence-corrected chi connectivity index (χ0v) is 29.1. The lowest BCUT2D eigenvalue weighted by atomic mass is 10.0. The SMILES string of the molecule is COc1cc(N2CCC(N3CCN(C)CC3)CC2)ccc1Nc1ncc(Br)c(Nc2cccc3c2N(S(C)(=O)=O)C(C)(C)C3)n1. The molecule has 3 aromatic rings. The Morgan fingerprint density at radius 3 is 2.42 bits per heavy atom. The van der Waals surface area contributed by atoms with Crippen molar-refractivity contribution in [1.29, 1.82) is 0 Å². The third kappa shape index (κ3) is 6.72. The monoisotopic (exact) mass is 698 g/mol. The van der Waals surface area contributed by atoms with E-state index >= 15 is 0 Å². The van der Waals surface area contributed by atoms with Crippen LogP contribution in [0.3, 0.4) is 0 Å². The van der Waals surface area contributed by atoms with Gasteiger partial charge in [0.15, 0.2) is 0 Å². The number of nitrogens with one attached hydrogen (secondary N) is 2. The lowest BCUT2D eigenvalue weighted by Gasteiger charge is -2.42. The van der Waals surface area contributed by atoms with Crippen LogP contribution in [0.1, 0.15) is 32.3 Å². The van der Waals surface area contributed by atoms with Gasteiger partial charge in [0, 0.05) is 63.3 Å². The number of rotatable bonds is 8. The van der Waals surface area contributed by atoms with Gasteiger partial charge < -0.3 is 25.2 Å². The van der Waals surface area contributed by atoms with Gasteiger partial charge in [-0.25, -0.2) is 13.4 Å². The third-order valence-electron chi connectivity index (χ3n) is 9.14. The van der Waals surface area contributed by atoms with Gasteiger partial charge in [-0.3, -0.25) is 9.21 Å². The minimum atomic E-state index is -3.51. The number of methoxy groups -OCH3 is 1. The molecule has 6 rings (SSSR count). The summed E-state index contributed by atoms with van der Waals surface area (Å²) in [5.41, 5.74) is 3.60. The fourth-order valence-corrected chi connectivity index (χ4v) is 8.75. The Labute approximate surface area is 275 Å². The summed E-state index contributed by atoms with van der Waals surface area (Å²) < 4.78 is 33.7. The minimum Gasteiger partial charge on any atom is -0.494 e. The number of anilines is 6. The zero-order chi connectivity index (χ0) is 31.9. The van der Waals surface area contributed by atoms with Crippen molar-refractivity contribution < 1.29 is 13.2 Å². The average Bonchev–Trinajstić information content (AvgIpc) is 3.30. The van der Waals surface area contributed by atoms with Gasteiger partial charge in [0.1, 0.15) is 11.6 Å². The number of likely N-dealkylation sites (N-methyl/N-ethyl adjacent to an activating group) is 1. The first kappa shape index (κ1) is 31.8. The van der Waals surface area contributed by atoms with E-state index in [-0.39, 0.29) is 0 Å². The maximum Gasteiger partial charge on any atom is 0.232 e. The van der Waals surface area contributed by atoms with Gasteiger partial charge >= 0.3 is 0 Å². The number of hydrogen-bond acceptors (Lipinski definition) is 10. The first-order valence-corrected chi connectivity index (χ1v) is 18.1. The second kappa shape index (κ2) is 12.6. The maximum atomic E-state index is 12.9. The van der Waals surface area contributed by atoms with Crippen molar-refractivity contribution in [2.75, 3.05) is 79.5 Å². The molecule has 11 nitrogen and oxygen atoms in total. The van der Waals surface area contributed by atoms with Crippen LogP contribution in [-0.2, 0) is 16.4 Å². The maximum absolute atomic E-state index is 12.9. The quantitative estimate of drug-likeness (QED) is 0.332. The highest BCUT2D eigenvalue weighted by atomic mass is 79.9. The second-order valence-electron chi connectivity index (χ2n) is 12.9. The van der Waals surface area contributed by atoms with Crippen LogP contribution in [0.25, 0.3) is 0 Å². The molecule has 2 N–H and O–H groups in total. The van der Waals surface area contributed by atoms with Crippen LogP contribution < -0.4 is 24.6 Å². The molecule has 242 valence electrons. The lowest BCUT2D eigenvalue weighted by molar-refractivity contribution is 0.0982. The van der Waals surface area contributed by atoms with Crippen molar-refractivity contribution in [1.82, 2.24) is 19.8 Å².